The fraction of sp³-hybridized carbons (Fsp3) is 0.714. The Kier molecular flexibility index (Phi) is 9.09. The van der Waals surface area contributed by atoms with Gasteiger partial charge in [0.2, 0.25) is 0 Å². The summed E-state index contributed by atoms with van der Waals surface area (Å²) in [7, 11) is -1.50. The molecule has 1 aromatic rings. The van der Waals surface area contributed by atoms with Gasteiger partial charge in [-0.3, -0.25) is 0 Å². The lowest BCUT2D eigenvalue weighted by Crippen LogP contribution is -2.29. The number of hydrogen-bond donors (Lipinski definition) is 1. The van der Waals surface area contributed by atoms with Gasteiger partial charge in [0.25, 0.3) is 0 Å². The summed E-state index contributed by atoms with van der Waals surface area (Å²) < 4.78 is 29.7. The van der Waals surface area contributed by atoms with Gasteiger partial charge < -0.3 is 10.1 Å². The molecule has 5 heteroatoms. The maximum Gasteiger partial charge on any atom is 0.154 e. The zero-order valence-corrected chi connectivity index (χ0v) is 17.2. The second-order valence-electron chi connectivity index (χ2n) is 7.73. The third-order valence-electron chi connectivity index (χ3n) is 5.35. The first-order chi connectivity index (χ1) is 12.5. The third-order valence-corrected chi connectivity index (χ3v) is 7.01. The Bertz CT molecular complexity index is 624. The zero-order valence-electron chi connectivity index (χ0n) is 16.4. The maximum atomic E-state index is 12.4. The third kappa shape index (κ3) is 7.77. The van der Waals surface area contributed by atoms with Crippen LogP contribution in [-0.4, -0.2) is 33.9 Å². The van der Waals surface area contributed by atoms with E-state index >= 15 is 0 Å². The maximum absolute atomic E-state index is 12.4. The number of benzene rings is 1. The van der Waals surface area contributed by atoms with Crippen LogP contribution in [0.15, 0.2) is 24.3 Å². The van der Waals surface area contributed by atoms with E-state index in [1.807, 2.05) is 24.3 Å². The van der Waals surface area contributed by atoms with E-state index in [4.69, 9.17) is 4.74 Å². The van der Waals surface area contributed by atoms with Crippen molar-refractivity contribution in [1.82, 2.24) is 5.32 Å². The lowest BCUT2D eigenvalue weighted by Gasteiger charge is -2.25. The standard InChI is InChI=1S/C21H35NO3S/c1-18(15-19-9-4-3-5-10-19)22-16-20-11-6-7-12-21(20)17-26(23,24)14-8-13-25-2/h6-7,11-12,18-19,22H,3-5,8-10,13-17H2,1-2H3. The monoisotopic (exact) mass is 381 g/mol. The van der Waals surface area contributed by atoms with Gasteiger partial charge in [-0.05, 0) is 36.8 Å². The first-order valence-corrected chi connectivity index (χ1v) is 11.8. The highest BCUT2D eigenvalue weighted by Gasteiger charge is 2.17. The molecule has 0 aliphatic heterocycles. The molecular weight excluding hydrogens is 346 g/mol. The van der Waals surface area contributed by atoms with Gasteiger partial charge in [0.05, 0.1) is 11.5 Å². The molecule has 1 unspecified atom stereocenters. The summed E-state index contributed by atoms with van der Waals surface area (Å²) in [6.07, 6.45) is 8.65. The molecule has 0 radical (unpaired) electrons. The van der Waals surface area contributed by atoms with Crippen molar-refractivity contribution >= 4 is 9.84 Å². The van der Waals surface area contributed by atoms with E-state index < -0.39 is 9.84 Å². The highest BCUT2D eigenvalue weighted by atomic mass is 32.2. The van der Waals surface area contributed by atoms with Gasteiger partial charge in [0.1, 0.15) is 0 Å². The van der Waals surface area contributed by atoms with Gasteiger partial charge in [-0.15, -0.1) is 0 Å². The lowest BCUT2D eigenvalue weighted by atomic mass is 9.85. The zero-order chi connectivity index (χ0) is 18.8. The Morgan fingerprint density at radius 2 is 1.85 bits per heavy atom. The summed E-state index contributed by atoms with van der Waals surface area (Å²) in [5.41, 5.74) is 2.01. The number of sulfone groups is 1. The van der Waals surface area contributed by atoms with E-state index in [2.05, 4.69) is 12.2 Å². The van der Waals surface area contributed by atoms with Crippen molar-refractivity contribution in [3.05, 3.63) is 35.4 Å². The molecule has 1 atom stereocenters. The predicted octanol–water partition coefficient (Wildman–Crippen LogP) is 4.09. The Morgan fingerprint density at radius 3 is 2.54 bits per heavy atom. The minimum Gasteiger partial charge on any atom is -0.385 e. The molecule has 0 saturated heterocycles. The molecule has 1 fully saturated rings. The first kappa shape index (κ1) is 21.4. The summed E-state index contributed by atoms with van der Waals surface area (Å²) in [5.74, 6) is 1.15. The van der Waals surface area contributed by atoms with Crippen LogP contribution in [0.4, 0.5) is 0 Å². The highest BCUT2D eigenvalue weighted by Crippen LogP contribution is 2.27. The van der Waals surface area contributed by atoms with Crippen LogP contribution in [0.5, 0.6) is 0 Å². The van der Waals surface area contributed by atoms with Gasteiger partial charge in [-0.2, -0.15) is 0 Å². The lowest BCUT2D eigenvalue weighted by molar-refractivity contribution is 0.199. The number of rotatable bonds is 11. The molecule has 1 aromatic carbocycles. The molecule has 26 heavy (non-hydrogen) atoms. The van der Waals surface area contributed by atoms with Crippen molar-refractivity contribution in [1.29, 1.82) is 0 Å². The van der Waals surface area contributed by atoms with Crippen LogP contribution in [0.25, 0.3) is 0 Å². The van der Waals surface area contributed by atoms with Crippen LogP contribution >= 0.6 is 0 Å². The molecule has 1 aliphatic carbocycles. The molecule has 0 heterocycles. The minimum absolute atomic E-state index is 0.117. The van der Waals surface area contributed by atoms with Crippen LogP contribution in [0.3, 0.4) is 0 Å². The largest absolute Gasteiger partial charge is 0.385 e. The number of methoxy groups -OCH3 is 1. The molecule has 0 aromatic heterocycles. The fourth-order valence-corrected chi connectivity index (χ4v) is 5.35. The Labute approximate surface area is 159 Å². The second kappa shape index (κ2) is 11.1. The molecule has 0 spiro atoms. The molecule has 0 bridgehead atoms. The summed E-state index contributed by atoms with van der Waals surface area (Å²) in [6, 6.07) is 8.36. The van der Waals surface area contributed by atoms with E-state index in [0.717, 1.165) is 23.6 Å². The number of nitrogens with one attached hydrogen (secondary N) is 1. The number of ether oxygens (including phenoxy) is 1. The van der Waals surface area contributed by atoms with Crippen molar-refractivity contribution in [2.75, 3.05) is 19.5 Å². The van der Waals surface area contributed by atoms with E-state index in [-0.39, 0.29) is 11.5 Å². The fourth-order valence-electron chi connectivity index (χ4n) is 3.89. The van der Waals surface area contributed by atoms with E-state index in [1.165, 1.54) is 38.5 Å². The molecule has 0 amide bonds. The molecule has 1 saturated carbocycles. The molecule has 1 N–H and O–H groups in total. The minimum atomic E-state index is -3.10. The van der Waals surface area contributed by atoms with Crippen molar-refractivity contribution in [2.24, 2.45) is 5.92 Å². The normalized spacial score (nSPS) is 17.3. The van der Waals surface area contributed by atoms with Gasteiger partial charge in [-0.1, -0.05) is 56.4 Å². The van der Waals surface area contributed by atoms with Crippen molar-refractivity contribution in [3.8, 4) is 0 Å². The van der Waals surface area contributed by atoms with Crippen molar-refractivity contribution in [2.45, 2.75) is 70.2 Å². The molecular formula is C21H35NO3S. The Hall–Kier alpha value is -0.910. The molecule has 2 rings (SSSR count). The summed E-state index contributed by atoms with van der Waals surface area (Å²) >= 11 is 0. The highest BCUT2D eigenvalue weighted by molar-refractivity contribution is 7.90. The second-order valence-corrected chi connectivity index (χ2v) is 9.91. The summed E-state index contributed by atoms with van der Waals surface area (Å²) in [4.78, 5) is 0. The SMILES string of the molecule is COCCCS(=O)(=O)Cc1ccccc1CNC(C)CC1CCCCC1. The van der Waals surface area contributed by atoms with Crippen LogP contribution in [0.2, 0.25) is 0 Å². The van der Waals surface area contributed by atoms with E-state index in [0.29, 0.717) is 19.1 Å². The van der Waals surface area contributed by atoms with Crippen molar-refractivity contribution in [3.63, 3.8) is 0 Å². The van der Waals surface area contributed by atoms with Gasteiger partial charge in [0, 0.05) is 26.3 Å². The molecule has 148 valence electrons. The summed E-state index contributed by atoms with van der Waals surface area (Å²) in [5, 5.41) is 3.61. The number of hydrogen-bond acceptors (Lipinski definition) is 4. The van der Waals surface area contributed by atoms with E-state index in [9.17, 15) is 8.42 Å². The van der Waals surface area contributed by atoms with Crippen LogP contribution in [0, 0.1) is 5.92 Å². The first-order valence-electron chi connectivity index (χ1n) is 9.99. The van der Waals surface area contributed by atoms with Gasteiger partial charge in [-0.25, -0.2) is 8.42 Å². The topological polar surface area (TPSA) is 55.4 Å². The quantitative estimate of drug-likeness (QED) is 0.587. The Balaban J connectivity index is 1.87. The summed E-state index contributed by atoms with van der Waals surface area (Å²) in [6.45, 7) is 3.47. The smallest absolute Gasteiger partial charge is 0.154 e. The van der Waals surface area contributed by atoms with E-state index in [1.54, 1.807) is 7.11 Å². The Morgan fingerprint density at radius 1 is 1.15 bits per heavy atom. The van der Waals surface area contributed by atoms with Gasteiger partial charge >= 0.3 is 0 Å². The average molecular weight is 382 g/mol. The van der Waals surface area contributed by atoms with Crippen LogP contribution in [0.1, 0.15) is 63.0 Å². The molecule has 1 aliphatic rings. The predicted molar refractivity (Wildman–Crippen MR) is 108 cm³/mol. The van der Waals surface area contributed by atoms with Crippen LogP contribution < -0.4 is 5.32 Å². The van der Waals surface area contributed by atoms with Crippen molar-refractivity contribution < 1.29 is 13.2 Å². The molecule has 4 nitrogen and oxygen atoms in total. The average Bonchev–Trinajstić information content (AvgIpc) is 2.61. The van der Waals surface area contributed by atoms with Crippen LogP contribution in [-0.2, 0) is 26.9 Å². The van der Waals surface area contributed by atoms with Gasteiger partial charge in [0.15, 0.2) is 9.84 Å².